The molecular weight excluding hydrogens is 457 g/mol. The minimum absolute atomic E-state index is 0.0484. The summed E-state index contributed by atoms with van der Waals surface area (Å²) < 4.78 is 63.7. The van der Waals surface area contributed by atoms with Crippen LogP contribution in [0, 0.1) is 0 Å². The zero-order valence-electron chi connectivity index (χ0n) is 18.7. The van der Waals surface area contributed by atoms with Gasteiger partial charge in [-0.2, -0.15) is 18.3 Å². The summed E-state index contributed by atoms with van der Waals surface area (Å²) in [5.41, 5.74) is -1.18. The number of aromatic nitrogens is 3. The lowest BCUT2D eigenvalue weighted by atomic mass is 10.1. The smallest absolute Gasteiger partial charge is 0.433 e. The Balaban J connectivity index is 1.82. The molecule has 0 spiro atoms. The average Bonchev–Trinajstić information content (AvgIpc) is 3.50. The van der Waals surface area contributed by atoms with E-state index < -0.39 is 17.8 Å². The highest BCUT2D eigenvalue weighted by Gasteiger charge is 2.36. The van der Waals surface area contributed by atoms with Gasteiger partial charge in [0.15, 0.2) is 22.8 Å². The van der Waals surface area contributed by atoms with E-state index in [0.29, 0.717) is 11.1 Å². The van der Waals surface area contributed by atoms with E-state index in [0.717, 1.165) is 25.1 Å². The Hall–Kier alpha value is -3.54. The third-order valence-corrected chi connectivity index (χ3v) is 5.48. The van der Waals surface area contributed by atoms with Gasteiger partial charge in [0.2, 0.25) is 5.75 Å². The van der Waals surface area contributed by atoms with Crippen LogP contribution in [0.1, 0.15) is 28.9 Å². The molecule has 0 bridgehead atoms. The van der Waals surface area contributed by atoms with Crippen molar-refractivity contribution in [1.29, 1.82) is 0 Å². The molecule has 4 rings (SSSR count). The minimum Gasteiger partial charge on any atom is -0.493 e. The quantitative estimate of drug-likeness (QED) is 0.554. The van der Waals surface area contributed by atoms with E-state index in [9.17, 15) is 18.0 Å². The van der Waals surface area contributed by atoms with Gasteiger partial charge in [0.05, 0.1) is 39.3 Å². The van der Waals surface area contributed by atoms with Crippen LogP contribution in [0.15, 0.2) is 24.4 Å². The first-order valence-corrected chi connectivity index (χ1v) is 10.4. The standard InChI is InChI=1S/C22H23F3N4O5/c1-31-16-7-12(8-17(32-2)19(16)33-3)15-9-18(22(23,24)25)29-20(28-15)14(11-27-29)21(30)26-10-13-5-4-6-34-13/h7-9,11,13H,4-6,10H2,1-3H3,(H,26,30)/t13-/m0/s1. The molecule has 1 atom stereocenters. The van der Waals surface area contributed by atoms with Gasteiger partial charge in [-0.3, -0.25) is 4.79 Å². The number of amides is 1. The topological polar surface area (TPSA) is 96.2 Å². The highest BCUT2D eigenvalue weighted by Crippen LogP contribution is 2.42. The van der Waals surface area contributed by atoms with E-state index in [1.165, 1.54) is 33.5 Å². The third kappa shape index (κ3) is 4.45. The number of carbonyl (C=O) groups is 1. The molecule has 1 saturated heterocycles. The number of nitrogens with one attached hydrogen (secondary N) is 1. The van der Waals surface area contributed by atoms with Gasteiger partial charge in [0, 0.05) is 18.7 Å². The highest BCUT2D eigenvalue weighted by molar-refractivity contribution is 6.00. The summed E-state index contributed by atoms with van der Waals surface area (Å²) in [6, 6.07) is 3.82. The van der Waals surface area contributed by atoms with Gasteiger partial charge < -0.3 is 24.3 Å². The number of nitrogens with zero attached hydrogens (tertiary/aromatic N) is 3. The normalized spacial score (nSPS) is 16.0. The second kappa shape index (κ2) is 9.37. The van der Waals surface area contributed by atoms with Crippen molar-refractivity contribution in [3.8, 4) is 28.5 Å². The predicted molar refractivity (Wildman–Crippen MR) is 114 cm³/mol. The number of halogens is 3. The molecule has 1 aliphatic rings. The Bertz CT molecular complexity index is 1180. The Labute approximate surface area is 192 Å². The Morgan fingerprint density at radius 2 is 1.88 bits per heavy atom. The minimum atomic E-state index is -4.76. The van der Waals surface area contributed by atoms with Crippen LogP contribution < -0.4 is 19.5 Å². The first kappa shape index (κ1) is 23.6. The van der Waals surface area contributed by atoms with Gasteiger partial charge in [-0.25, -0.2) is 9.50 Å². The van der Waals surface area contributed by atoms with Crippen molar-refractivity contribution in [2.75, 3.05) is 34.5 Å². The zero-order valence-corrected chi connectivity index (χ0v) is 18.7. The Morgan fingerprint density at radius 3 is 2.44 bits per heavy atom. The molecule has 1 amide bonds. The molecule has 9 nitrogen and oxygen atoms in total. The van der Waals surface area contributed by atoms with Crippen LogP contribution >= 0.6 is 0 Å². The molecule has 182 valence electrons. The molecule has 1 aliphatic heterocycles. The summed E-state index contributed by atoms with van der Waals surface area (Å²) in [7, 11) is 4.21. The van der Waals surface area contributed by atoms with Crippen molar-refractivity contribution in [1.82, 2.24) is 19.9 Å². The maximum atomic E-state index is 13.9. The summed E-state index contributed by atoms with van der Waals surface area (Å²) in [5.74, 6) is 0.183. The van der Waals surface area contributed by atoms with E-state index in [4.69, 9.17) is 18.9 Å². The number of benzene rings is 1. The number of alkyl halides is 3. The number of methoxy groups -OCH3 is 3. The fourth-order valence-corrected chi connectivity index (χ4v) is 3.81. The van der Waals surface area contributed by atoms with Crippen LogP contribution in [0.2, 0.25) is 0 Å². The van der Waals surface area contributed by atoms with E-state index in [1.54, 1.807) is 0 Å². The third-order valence-electron chi connectivity index (χ3n) is 5.48. The maximum absolute atomic E-state index is 13.9. The van der Waals surface area contributed by atoms with Crippen LogP contribution in [-0.4, -0.2) is 61.1 Å². The van der Waals surface area contributed by atoms with Crippen molar-refractivity contribution in [2.24, 2.45) is 0 Å². The van der Waals surface area contributed by atoms with Crippen LogP contribution in [0.5, 0.6) is 17.2 Å². The van der Waals surface area contributed by atoms with Crippen LogP contribution in [0.25, 0.3) is 16.9 Å². The lowest BCUT2D eigenvalue weighted by Crippen LogP contribution is -2.31. The van der Waals surface area contributed by atoms with Crippen LogP contribution in [0.3, 0.4) is 0 Å². The molecular formula is C22H23F3N4O5. The van der Waals surface area contributed by atoms with Crippen molar-refractivity contribution in [3.05, 3.63) is 35.7 Å². The first-order chi connectivity index (χ1) is 16.3. The molecule has 1 N–H and O–H groups in total. The molecule has 34 heavy (non-hydrogen) atoms. The van der Waals surface area contributed by atoms with Crippen molar-refractivity contribution >= 4 is 11.6 Å². The molecule has 0 unspecified atom stereocenters. The van der Waals surface area contributed by atoms with Gasteiger partial charge in [-0.05, 0) is 31.0 Å². The molecule has 12 heteroatoms. The maximum Gasteiger partial charge on any atom is 0.433 e. The predicted octanol–water partition coefficient (Wildman–Crippen LogP) is 3.35. The molecule has 1 fully saturated rings. The summed E-state index contributed by atoms with van der Waals surface area (Å²) in [5, 5.41) is 6.48. The van der Waals surface area contributed by atoms with E-state index >= 15 is 0 Å². The second-order valence-electron chi connectivity index (χ2n) is 7.58. The lowest BCUT2D eigenvalue weighted by molar-refractivity contribution is -0.142. The SMILES string of the molecule is COc1cc(-c2cc(C(F)(F)F)n3ncc(C(=O)NC[C@@H]4CCCO4)c3n2)cc(OC)c1OC. The number of rotatable bonds is 7. The fourth-order valence-electron chi connectivity index (χ4n) is 3.81. The molecule has 0 radical (unpaired) electrons. The lowest BCUT2D eigenvalue weighted by Gasteiger charge is -2.15. The number of hydrogen-bond acceptors (Lipinski definition) is 7. The van der Waals surface area contributed by atoms with Crippen molar-refractivity contribution < 1.29 is 36.9 Å². The fraction of sp³-hybridized carbons (Fsp3) is 0.409. The van der Waals surface area contributed by atoms with Crippen molar-refractivity contribution in [2.45, 2.75) is 25.1 Å². The zero-order chi connectivity index (χ0) is 24.5. The van der Waals surface area contributed by atoms with Crippen molar-refractivity contribution in [3.63, 3.8) is 0 Å². The summed E-state index contributed by atoms with van der Waals surface area (Å²) >= 11 is 0. The van der Waals surface area contributed by atoms with E-state index in [1.807, 2.05) is 0 Å². The number of fused-ring (bicyclic) bond motifs is 1. The largest absolute Gasteiger partial charge is 0.493 e. The van der Waals surface area contributed by atoms with Gasteiger partial charge >= 0.3 is 6.18 Å². The Kier molecular flexibility index (Phi) is 6.51. The summed E-state index contributed by atoms with van der Waals surface area (Å²) in [6.45, 7) is 0.862. The number of carbonyl (C=O) groups excluding carboxylic acids is 1. The van der Waals surface area contributed by atoms with E-state index in [2.05, 4.69) is 15.4 Å². The molecule has 0 aliphatic carbocycles. The highest BCUT2D eigenvalue weighted by atomic mass is 19.4. The molecule has 0 saturated carbocycles. The van der Waals surface area contributed by atoms with Gasteiger partial charge in [0.25, 0.3) is 5.91 Å². The Morgan fingerprint density at radius 1 is 1.18 bits per heavy atom. The monoisotopic (exact) mass is 480 g/mol. The second-order valence-corrected chi connectivity index (χ2v) is 7.58. The first-order valence-electron chi connectivity index (χ1n) is 10.4. The van der Waals surface area contributed by atoms with Crippen LogP contribution in [-0.2, 0) is 10.9 Å². The molecule has 3 aromatic rings. The molecule has 3 heterocycles. The van der Waals surface area contributed by atoms with Crippen LogP contribution in [0.4, 0.5) is 13.2 Å². The summed E-state index contributed by atoms with van der Waals surface area (Å²) in [4.78, 5) is 17.1. The molecule has 2 aromatic heterocycles. The van der Waals surface area contributed by atoms with Gasteiger partial charge in [-0.15, -0.1) is 0 Å². The number of ether oxygens (including phenoxy) is 4. The summed E-state index contributed by atoms with van der Waals surface area (Å²) in [6.07, 6.45) is -2.11. The number of hydrogen-bond donors (Lipinski definition) is 1. The van der Waals surface area contributed by atoms with Gasteiger partial charge in [-0.1, -0.05) is 0 Å². The molecule has 1 aromatic carbocycles. The average molecular weight is 480 g/mol. The van der Waals surface area contributed by atoms with E-state index in [-0.39, 0.29) is 52.4 Å². The van der Waals surface area contributed by atoms with Gasteiger partial charge in [0.1, 0.15) is 5.56 Å².